The summed E-state index contributed by atoms with van der Waals surface area (Å²) < 4.78 is 7.34. The molecule has 136 valence electrons. The molecule has 4 aromatic rings. The van der Waals surface area contributed by atoms with E-state index in [1.807, 2.05) is 65.5 Å². The molecule has 1 amide bonds. The number of hydrogen-bond acceptors (Lipinski definition) is 5. The number of nitrogens with zero attached hydrogens (tertiary/aromatic N) is 3. The largest absolute Gasteiger partial charge is 0.496 e. The summed E-state index contributed by atoms with van der Waals surface area (Å²) in [5.41, 5.74) is 5.04. The molecule has 0 saturated heterocycles. The number of thiazole rings is 1. The average Bonchev–Trinajstić information content (AvgIpc) is 3.26. The van der Waals surface area contributed by atoms with Crippen LogP contribution in [0.3, 0.4) is 0 Å². The molecule has 2 heterocycles. The third-order valence-electron chi connectivity index (χ3n) is 4.33. The average molecular weight is 378 g/mol. The van der Waals surface area contributed by atoms with E-state index in [1.165, 1.54) is 11.3 Å². The first-order valence-corrected chi connectivity index (χ1v) is 9.34. The first-order chi connectivity index (χ1) is 13.2. The van der Waals surface area contributed by atoms with Crippen molar-refractivity contribution in [2.75, 3.05) is 7.11 Å². The Kier molecular flexibility index (Phi) is 4.60. The molecule has 0 aliphatic heterocycles. The van der Waals surface area contributed by atoms with Gasteiger partial charge in [-0.2, -0.15) is 5.10 Å². The fraction of sp³-hybridized carbons (Fsp3) is 0.150. The molecule has 0 saturated carbocycles. The van der Waals surface area contributed by atoms with E-state index in [0.717, 1.165) is 38.5 Å². The molecular formula is C20H18N4O2S. The van der Waals surface area contributed by atoms with Crippen LogP contribution >= 0.6 is 11.3 Å². The predicted molar refractivity (Wildman–Crippen MR) is 108 cm³/mol. The number of ether oxygens (including phenoxy) is 1. The molecule has 2 aromatic carbocycles. The van der Waals surface area contributed by atoms with Crippen molar-refractivity contribution in [1.29, 1.82) is 0 Å². The second-order valence-corrected chi connectivity index (χ2v) is 6.97. The van der Waals surface area contributed by atoms with E-state index in [0.29, 0.717) is 0 Å². The van der Waals surface area contributed by atoms with E-state index >= 15 is 0 Å². The number of rotatable bonds is 5. The van der Waals surface area contributed by atoms with Gasteiger partial charge in [-0.3, -0.25) is 9.20 Å². The first kappa shape index (κ1) is 17.2. The Labute approximate surface area is 160 Å². The fourth-order valence-electron chi connectivity index (χ4n) is 3.04. The zero-order chi connectivity index (χ0) is 18.8. The lowest BCUT2D eigenvalue weighted by Crippen LogP contribution is -2.21. The van der Waals surface area contributed by atoms with Crippen LogP contribution < -0.4 is 10.2 Å². The van der Waals surface area contributed by atoms with Gasteiger partial charge in [0.15, 0.2) is 4.96 Å². The van der Waals surface area contributed by atoms with Crippen LogP contribution in [0.2, 0.25) is 0 Å². The standard InChI is InChI=1S/C20H18N4O2S/c1-13(15-7-8-18(26-2)17-6-4-3-5-16(15)17)22-23-19(25)11-14-12-24-9-10-27-20(24)21-14/h3-10,12H,11H2,1-2H3,(H,23,25)/b22-13-. The number of fused-ring (bicyclic) bond motifs is 2. The maximum absolute atomic E-state index is 12.2. The van der Waals surface area contributed by atoms with E-state index < -0.39 is 0 Å². The maximum atomic E-state index is 12.2. The SMILES string of the molecule is COc1ccc(/C(C)=N\NC(=O)Cc2cn3ccsc3n2)c2ccccc12. The smallest absolute Gasteiger partial charge is 0.246 e. The summed E-state index contributed by atoms with van der Waals surface area (Å²) in [5.74, 6) is 0.615. The van der Waals surface area contributed by atoms with Crippen molar-refractivity contribution < 1.29 is 9.53 Å². The molecule has 0 bridgehead atoms. The lowest BCUT2D eigenvalue weighted by Gasteiger charge is -2.10. The molecular weight excluding hydrogens is 360 g/mol. The van der Waals surface area contributed by atoms with Crippen LogP contribution in [0, 0.1) is 0 Å². The molecule has 6 nitrogen and oxygen atoms in total. The molecule has 0 fully saturated rings. The van der Waals surface area contributed by atoms with Gasteiger partial charge in [0.25, 0.3) is 0 Å². The van der Waals surface area contributed by atoms with Crippen LogP contribution in [-0.4, -0.2) is 28.1 Å². The third-order valence-corrected chi connectivity index (χ3v) is 5.10. The van der Waals surface area contributed by atoms with E-state index in [1.54, 1.807) is 7.11 Å². The number of hydrogen-bond donors (Lipinski definition) is 1. The summed E-state index contributed by atoms with van der Waals surface area (Å²) in [7, 11) is 1.66. The molecule has 0 atom stereocenters. The molecule has 4 rings (SSSR count). The minimum atomic E-state index is -0.196. The first-order valence-electron chi connectivity index (χ1n) is 8.46. The number of benzene rings is 2. The molecule has 0 unspecified atom stereocenters. The van der Waals surface area contributed by atoms with Crippen LogP contribution in [0.4, 0.5) is 0 Å². The Bertz CT molecular complexity index is 1130. The number of methoxy groups -OCH3 is 1. The van der Waals surface area contributed by atoms with Crippen LogP contribution in [-0.2, 0) is 11.2 Å². The van der Waals surface area contributed by atoms with Crippen molar-refractivity contribution in [2.45, 2.75) is 13.3 Å². The van der Waals surface area contributed by atoms with Crippen molar-refractivity contribution in [2.24, 2.45) is 5.10 Å². The highest BCUT2D eigenvalue weighted by molar-refractivity contribution is 7.15. The molecule has 1 N–H and O–H groups in total. The molecule has 0 spiro atoms. The number of amides is 1. The Morgan fingerprint density at radius 1 is 1.26 bits per heavy atom. The maximum Gasteiger partial charge on any atom is 0.246 e. The Morgan fingerprint density at radius 3 is 2.85 bits per heavy atom. The number of carbonyl (C=O) groups is 1. The topological polar surface area (TPSA) is 68.0 Å². The molecule has 27 heavy (non-hydrogen) atoms. The highest BCUT2D eigenvalue weighted by Gasteiger charge is 2.10. The Balaban J connectivity index is 1.53. The number of nitrogens with one attached hydrogen (secondary N) is 1. The van der Waals surface area contributed by atoms with Crippen LogP contribution in [0.1, 0.15) is 18.2 Å². The van der Waals surface area contributed by atoms with Gasteiger partial charge in [0.2, 0.25) is 5.91 Å². The Hall–Kier alpha value is -3.19. The lowest BCUT2D eigenvalue weighted by atomic mass is 10.0. The second kappa shape index (κ2) is 7.20. The predicted octanol–water partition coefficient (Wildman–Crippen LogP) is 3.64. The minimum absolute atomic E-state index is 0.189. The second-order valence-electron chi connectivity index (χ2n) is 6.10. The van der Waals surface area contributed by atoms with E-state index in [2.05, 4.69) is 15.5 Å². The summed E-state index contributed by atoms with van der Waals surface area (Å²) in [4.78, 5) is 17.5. The highest BCUT2D eigenvalue weighted by Crippen LogP contribution is 2.28. The van der Waals surface area contributed by atoms with Gasteiger partial charge in [-0.25, -0.2) is 10.4 Å². The van der Waals surface area contributed by atoms with Gasteiger partial charge in [0.05, 0.1) is 24.9 Å². The number of aromatic nitrogens is 2. The van der Waals surface area contributed by atoms with E-state index in [-0.39, 0.29) is 12.3 Å². The van der Waals surface area contributed by atoms with E-state index in [9.17, 15) is 4.79 Å². The molecule has 2 aromatic heterocycles. The quantitative estimate of drug-likeness (QED) is 0.426. The van der Waals surface area contributed by atoms with Crippen molar-refractivity contribution in [1.82, 2.24) is 14.8 Å². The van der Waals surface area contributed by atoms with Gasteiger partial charge >= 0.3 is 0 Å². The van der Waals surface area contributed by atoms with Crippen LogP contribution in [0.5, 0.6) is 5.75 Å². The highest BCUT2D eigenvalue weighted by atomic mass is 32.1. The number of hydrazone groups is 1. The summed E-state index contributed by atoms with van der Waals surface area (Å²) in [5, 5.41) is 8.28. The zero-order valence-electron chi connectivity index (χ0n) is 15.0. The number of carbonyl (C=O) groups excluding carboxylic acids is 1. The molecule has 7 heteroatoms. The van der Waals surface area contributed by atoms with Crippen LogP contribution in [0.25, 0.3) is 15.7 Å². The lowest BCUT2D eigenvalue weighted by molar-refractivity contribution is -0.120. The minimum Gasteiger partial charge on any atom is -0.496 e. The summed E-state index contributed by atoms with van der Waals surface area (Å²) in [6.45, 7) is 1.88. The van der Waals surface area contributed by atoms with Gasteiger partial charge in [-0.15, -0.1) is 11.3 Å². The molecule has 0 aliphatic rings. The monoisotopic (exact) mass is 378 g/mol. The zero-order valence-corrected chi connectivity index (χ0v) is 15.8. The van der Waals surface area contributed by atoms with Gasteiger partial charge in [-0.1, -0.05) is 24.3 Å². The normalized spacial score (nSPS) is 11.9. The van der Waals surface area contributed by atoms with Crippen molar-refractivity contribution >= 4 is 38.7 Å². The number of imidazole rings is 1. The fourth-order valence-corrected chi connectivity index (χ4v) is 3.76. The Morgan fingerprint density at radius 2 is 2.07 bits per heavy atom. The van der Waals surface area contributed by atoms with Crippen molar-refractivity contribution in [3.8, 4) is 5.75 Å². The molecule has 0 radical (unpaired) electrons. The summed E-state index contributed by atoms with van der Waals surface area (Å²) in [6, 6.07) is 11.8. The van der Waals surface area contributed by atoms with Crippen molar-refractivity contribution in [3.05, 3.63) is 65.4 Å². The molecule has 0 aliphatic carbocycles. The third kappa shape index (κ3) is 3.41. The van der Waals surface area contributed by atoms with Gasteiger partial charge in [-0.05, 0) is 24.4 Å². The summed E-state index contributed by atoms with van der Waals surface area (Å²) in [6.07, 6.45) is 3.97. The van der Waals surface area contributed by atoms with Crippen molar-refractivity contribution in [3.63, 3.8) is 0 Å². The van der Waals surface area contributed by atoms with E-state index in [4.69, 9.17) is 4.74 Å². The van der Waals surface area contributed by atoms with Gasteiger partial charge in [0.1, 0.15) is 5.75 Å². The van der Waals surface area contributed by atoms with Crippen LogP contribution in [0.15, 0.2) is 59.3 Å². The summed E-state index contributed by atoms with van der Waals surface area (Å²) >= 11 is 1.54. The van der Waals surface area contributed by atoms with Gasteiger partial charge in [0, 0.05) is 28.7 Å². The van der Waals surface area contributed by atoms with Gasteiger partial charge < -0.3 is 4.74 Å².